The molecule has 0 aliphatic heterocycles. The Morgan fingerprint density at radius 3 is 2.39 bits per heavy atom. The van der Waals surface area contributed by atoms with E-state index in [2.05, 4.69) is 47.1 Å². The first-order valence-electron chi connectivity index (χ1n) is 7.55. The van der Waals surface area contributed by atoms with E-state index in [1.54, 1.807) is 5.56 Å². The Morgan fingerprint density at radius 1 is 1.11 bits per heavy atom. The minimum Gasteiger partial charge on any atom is -0.0839 e. The van der Waals surface area contributed by atoms with E-state index in [1.165, 1.54) is 56.9 Å². The van der Waals surface area contributed by atoms with E-state index in [0.717, 1.165) is 5.92 Å². The van der Waals surface area contributed by atoms with Gasteiger partial charge in [-0.15, -0.1) is 0 Å². The zero-order valence-corrected chi connectivity index (χ0v) is 13.1. The Bertz CT molecular complexity index is 335. The van der Waals surface area contributed by atoms with Crippen molar-refractivity contribution in [1.29, 1.82) is 0 Å². The van der Waals surface area contributed by atoms with Gasteiger partial charge in [0.05, 0.1) is 0 Å². The number of alkyl halides is 1. The molecule has 1 aliphatic carbocycles. The van der Waals surface area contributed by atoms with E-state index in [0.29, 0.717) is 4.83 Å². The summed E-state index contributed by atoms with van der Waals surface area (Å²) in [6.45, 7) is 2.26. The van der Waals surface area contributed by atoms with Gasteiger partial charge in [0, 0.05) is 4.83 Å². The van der Waals surface area contributed by atoms with Gasteiger partial charge in [0.15, 0.2) is 0 Å². The second-order valence-electron chi connectivity index (χ2n) is 5.61. The Kier molecular flexibility index (Phi) is 5.75. The molecule has 2 rings (SSSR count). The number of hydrogen-bond acceptors (Lipinski definition) is 0. The highest BCUT2D eigenvalue weighted by Gasteiger charge is 2.15. The molecular weight excluding hydrogens is 284 g/mol. The van der Waals surface area contributed by atoms with Crippen LogP contribution >= 0.6 is 15.9 Å². The van der Waals surface area contributed by atoms with Crippen molar-refractivity contribution in [2.45, 2.75) is 69.0 Å². The zero-order chi connectivity index (χ0) is 12.8. The maximum absolute atomic E-state index is 3.81. The molecule has 1 atom stereocenters. The van der Waals surface area contributed by atoms with Gasteiger partial charge in [-0.1, -0.05) is 79.2 Å². The smallest absolute Gasteiger partial charge is 0.0395 e. The molecule has 1 aromatic rings. The van der Waals surface area contributed by atoms with Crippen molar-refractivity contribution in [1.82, 2.24) is 0 Å². The number of rotatable bonds is 5. The van der Waals surface area contributed by atoms with Crippen LogP contribution in [0.15, 0.2) is 24.3 Å². The second kappa shape index (κ2) is 7.33. The lowest BCUT2D eigenvalue weighted by Gasteiger charge is -2.22. The standard InChI is InChI=1S/C17H25Br/c1-2-3-9-17(18)16-12-10-15(11-13-16)14-7-5-4-6-8-14/h10-14,17H,2-9H2,1H3. The minimum absolute atomic E-state index is 0.540. The van der Waals surface area contributed by atoms with Crippen molar-refractivity contribution in [3.05, 3.63) is 35.4 Å². The van der Waals surface area contributed by atoms with Crippen LogP contribution in [0.4, 0.5) is 0 Å². The third-order valence-corrected chi connectivity index (χ3v) is 5.17. The lowest BCUT2D eigenvalue weighted by Crippen LogP contribution is -2.04. The van der Waals surface area contributed by atoms with Crippen LogP contribution in [0.5, 0.6) is 0 Å². The molecule has 1 saturated carbocycles. The maximum atomic E-state index is 3.81. The quantitative estimate of drug-likeness (QED) is 0.555. The Balaban J connectivity index is 1.95. The van der Waals surface area contributed by atoms with Crippen LogP contribution in [0.1, 0.15) is 80.2 Å². The highest BCUT2D eigenvalue weighted by molar-refractivity contribution is 9.09. The van der Waals surface area contributed by atoms with Crippen LogP contribution in [0.3, 0.4) is 0 Å². The van der Waals surface area contributed by atoms with E-state index in [4.69, 9.17) is 0 Å². The van der Waals surface area contributed by atoms with Crippen molar-refractivity contribution in [3.8, 4) is 0 Å². The van der Waals surface area contributed by atoms with Gasteiger partial charge in [0.2, 0.25) is 0 Å². The van der Waals surface area contributed by atoms with Crippen LogP contribution < -0.4 is 0 Å². The van der Waals surface area contributed by atoms with Gasteiger partial charge in [-0.25, -0.2) is 0 Å². The predicted molar refractivity (Wildman–Crippen MR) is 83.5 cm³/mol. The second-order valence-corrected chi connectivity index (χ2v) is 6.72. The SMILES string of the molecule is CCCCC(Br)c1ccc(C2CCCCC2)cc1. The van der Waals surface area contributed by atoms with Gasteiger partial charge in [-0.05, 0) is 36.3 Å². The molecule has 1 fully saturated rings. The average molecular weight is 309 g/mol. The Hall–Kier alpha value is -0.300. The molecule has 1 heteroatoms. The van der Waals surface area contributed by atoms with E-state index in [1.807, 2.05) is 0 Å². The highest BCUT2D eigenvalue weighted by Crippen LogP contribution is 2.34. The summed E-state index contributed by atoms with van der Waals surface area (Å²) < 4.78 is 0. The summed E-state index contributed by atoms with van der Waals surface area (Å²) in [5.74, 6) is 0.831. The first kappa shape index (κ1) is 14.1. The van der Waals surface area contributed by atoms with Gasteiger partial charge in [0.1, 0.15) is 0 Å². The summed E-state index contributed by atoms with van der Waals surface area (Å²) in [6, 6.07) is 9.40. The van der Waals surface area contributed by atoms with Crippen LogP contribution in [-0.2, 0) is 0 Å². The van der Waals surface area contributed by atoms with Crippen LogP contribution in [-0.4, -0.2) is 0 Å². The van der Waals surface area contributed by atoms with Crippen molar-refractivity contribution in [3.63, 3.8) is 0 Å². The van der Waals surface area contributed by atoms with Gasteiger partial charge in [0.25, 0.3) is 0 Å². The fourth-order valence-corrected chi connectivity index (χ4v) is 3.59. The summed E-state index contributed by atoms with van der Waals surface area (Å²) in [5.41, 5.74) is 3.01. The number of benzene rings is 1. The first-order valence-corrected chi connectivity index (χ1v) is 8.46. The monoisotopic (exact) mass is 308 g/mol. The largest absolute Gasteiger partial charge is 0.0839 e. The van der Waals surface area contributed by atoms with E-state index in [9.17, 15) is 0 Å². The molecule has 0 spiro atoms. The highest BCUT2D eigenvalue weighted by atomic mass is 79.9. The molecule has 0 aromatic heterocycles. The third kappa shape index (κ3) is 3.85. The summed E-state index contributed by atoms with van der Waals surface area (Å²) in [7, 11) is 0. The van der Waals surface area contributed by atoms with Crippen LogP contribution in [0.2, 0.25) is 0 Å². The summed E-state index contributed by atoms with van der Waals surface area (Å²) in [5, 5.41) is 0. The summed E-state index contributed by atoms with van der Waals surface area (Å²) >= 11 is 3.81. The lowest BCUT2D eigenvalue weighted by atomic mass is 9.84. The van der Waals surface area contributed by atoms with E-state index in [-0.39, 0.29) is 0 Å². The molecule has 0 nitrogen and oxygen atoms in total. The number of unbranched alkanes of at least 4 members (excludes halogenated alkanes) is 1. The predicted octanol–water partition coefficient (Wildman–Crippen LogP) is 6.36. The molecule has 0 heterocycles. The van der Waals surface area contributed by atoms with Gasteiger partial charge < -0.3 is 0 Å². The molecule has 0 radical (unpaired) electrons. The van der Waals surface area contributed by atoms with Crippen molar-refractivity contribution < 1.29 is 0 Å². The topological polar surface area (TPSA) is 0 Å². The molecule has 0 amide bonds. The molecule has 0 N–H and O–H groups in total. The molecule has 1 aromatic carbocycles. The maximum Gasteiger partial charge on any atom is 0.0395 e. The molecule has 1 unspecified atom stereocenters. The van der Waals surface area contributed by atoms with Crippen molar-refractivity contribution >= 4 is 15.9 Å². The molecule has 0 saturated heterocycles. The zero-order valence-electron chi connectivity index (χ0n) is 11.5. The van der Waals surface area contributed by atoms with Crippen LogP contribution in [0.25, 0.3) is 0 Å². The van der Waals surface area contributed by atoms with Crippen molar-refractivity contribution in [2.24, 2.45) is 0 Å². The van der Waals surface area contributed by atoms with Crippen molar-refractivity contribution in [2.75, 3.05) is 0 Å². The number of hydrogen-bond donors (Lipinski definition) is 0. The molecule has 1 aliphatic rings. The van der Waals surface area contributed by atoms with E-state index < -0.39 is 0 Å². The number of halogens is 1. The minimum atomic E-state index is 0.540. The molecule has 18 heavy (non-hydrogen) atoms. The first-order chi connectivity index (χ1) is 8.81. The Morgan fingerprint density at radius 2 is 1.78 bits per heavy atom. The molecule has 100 valence electrons. The fraction of sp³-hybridized carbons (Fsp3) is 0.647. The normalized spacial score (nSPS) is 18.8. The average Bonchev–Trinajstić information content (AvgIpc) is 2.46. The third-order valence-electron chi connectivity index (χ3n) is 4.19. The lowest BCUT2D eigenvalue weighted by molar-refractivity contribution is 0.443. The van der Waals surface area contributed by atoms with E-state index >= 15 is 0 Å². The van der Waals surface area contributed by atoms with Gasteiger partial charge in [-0.2, -0.15) is 0 Å². The molecular formula is C17H25Br. The van der Waals surface area contributed by atoms with Gasteiger partial charge in [-0.3, -0.25) is 0 Å². The van der Waals surface area contributed by atoms with Crippen LogP contribution in [0, 0.1) is 0 Å². The Labute approximate surface area is 120 Å². The summed E-state index contributed by atoms with van der Waals surface area (Å²) in [4.78, 5) is 0.540. The summed E-state index contributed by atoms with van der Waals surface area (Å²) in [6.07, 6.45) is 10.9. The fourth-order valence-electron chi connectivity index (χ4n) is 2.96. The molecule has 0 bridgehead atoms. The van der Waals surface area contributed by atoms with Gasteiger partial charge >= 0.3 is 0 Å².